The highest BCUT2D eigenvalue weighted by Gasteiger charge is 2.23. The van der Waals surface area contributed by atoms with E-state index in [9.17, 15) is 0 Å². The molecule has 0 bridgehead atoms. The maximum Gasteiger partial charge on any atom is 0.196 e. The molecule has 2 aromatic heterocycles. The Balaban J connectivity index is 1.60. The molecule has 0 saturated carbocycles. The smallest absolute Gasteiger partial charge is 0.196 e. The van der Waals surface area contributed by atoms with Crippen molar-refractivity contribution in [3.05, 3.63) is 65.4 Å². The molecule has 0 aliphatic carbocycles. The second-order valence-electron chi connectivity index (χ2n) is 7.93. The molecule has 0 radical (unpaired) electrons. The van der Waals surface area contributed by atoms with Gasteiger partial charge in [-0.15, -0.1) is 21.5 Å². The average molecular weight is 496 g/mol. The Kier molecular flexibility index (Phi) is 7.87. The van der Waals surface area contributed by atoms with E-state index in [0.717, 1.165) is 50.9 Å². The zero-order chi connectivity index (χ0) is 24.1. The van der Waals surface area contributed by atoms with E-state index in [1.165, 1.54) is 0 Å². The molecule has 0 aliphatic heterocycles. The predicted octanol–water partition coefficient (Wildman–Crippen LogP) is 5.71. The summed E-state index contributed by atoms with van der Waals surface area (Å²) in [6, 6.07) is 16.2. The van der Waals surface area contributed by atoms with Gasteiger partial charge in [-0.1, -0.05) is 30.8 Å². The number of methoxy groups -OCH3 is 2. The Morgan fingerprint density at radius 2 is 1.79 bits per heavy atom. The van der Waals surface area contributed by atoms with Crippen LogP contribution in [0.2, 0.25) is 0 Å². The van der Waals surface area contributed by atoms with Gasteiger partial charge in [0.25, 0.3) is 0 Å². The highest BCUT2D eigenvalue weighted by atomic mass is 32.2. The van der Waals surface area contributed by atoms with Gasteiger partial charge in [-0.25, -0.2) is 4.98 Å². The number of rotatable bonds is 10. The second-order valence-corrected chi connectivity index (χ2v) is 9.73. The standard InChI is InChI=1S/C25H29N5O2S2/c1-6-22(29(2)3)23-27-28-25(30(23)19-10-12-20(31-4)13-11-19)34-16-18-15-33-24(26-18)17-8-7-9-21(14-17)32-5/h7-15,22H,6,16H2,1-5H3. The number of hydrogen-bond acceptors (Lipinski definition) is 8. The minimum atomic E-state index is 0.155. The quantitative estimate of drug-likeness (QED) is 0.261. The van der Waals surface area contributed by atoms with E-state index in [2.05, 4.69) is 52.1 Å². The van der Waals surface area contributed by atoms with E-state index in [0.29, 0.717) is 5.75 Å². The number of nitrogens with zero attached hydrogens (tertiary/aromatic N) is 5. The van der Waals surface area contributed by atoms with Gasteiger partial charge in [-0.05, 0) is 56.9 Å². The van der Waals surface area contributed by atoms with Gasteiger partial charge < -0.3 is 9.47 Å². The van der Waals surface area contributed by atoms with E-state index in [4.69, 9.17) is 14.5 Å². The molecule has 7 nitrogen and oxygen atoms in total. The monoisotopic (exact) mass is 495 g/mol. The van der Waals surface area contributed by atoms with Crippen LogP contribution in [0, 0.1) is 0 Å². The number of thiazole rings is 1. The first-order valence-electron chi connectivity index (χ1n) is 11.0. The molecule has 0 saturated heterocycles. The molecule has 1 unspecified atom stereocenters. The highest BCUT2D eigenvalue weighted by molar-refractivity contribution is 7.98. The molecule has 0 aliphatic rings. The van der Waals surface area contributed by atoms with Crippen molar-refractivity contribution in [2.24, 2.45) is 0 Å². The normalized spacial score (nSPS) is 12.2. The third-order valence-corrected chi connectivity index (χ3v) is 7.42. The maximum absolute atomic E-state index is 5.35. The van der Waals surface area contributed by atoms with E-state index >= 15 is 0 Å². The van der Waals surface area contributed by atoms with Crippen LogP contribution in [0.5, 0.6) is 11.5 Å². The van der Waals surface area contributed by atoms with Gasteiger partial charge in [0.2, 0.25) is 0 Å². The largest absolute Gasteiger partial charge is 0.497 e. The van der Waals surface area contributed by atoms with Crippen molar-refractivity contribution in [1.29, 1.82) is 0 Å². The van der Waals surface area contributed by atoms with Crippen LogP contribution < -0.4 is 9.47 Å². The summed E-state index contributed by atoms with van der Waals surface area (Å²) in [5, 5.41) is 13.1. The van der Waals surface area contributed by atoms with Gasteiger partial charge in [0.05, 0.1) is 26.0 Å². The average Bonchev–Trinajstić information content (AvgIpc) is 3.50. The Hall–Kier alpha value is -2.88. The minimum absolute atomic E-state index is 0.155. The Bertz CT molecular complexity index is 1220. The summed E-state index contributed by atoms with van der Waals surface area (Å²) >= 11 is 3.28. The summed E-state index contributed by atoms with van der Waals surface area (Å²) in [7, 11) is 7.50. The lowest BCUT2D eigenvalue weighted by Crippen LogP contribution is -2.22. The third kappa shape index (κ3) is 5.27. The first-order chi connectivity index (χ1) is 16.5. The second kappa shape index (κ2) is 11.0. The zero-order valence-corrected chi connectivity index (χ0v) is 21.7. The summed E-state index contributed by atoms with van der Waals surface area (Å²) in [6.07, 6.45) is 0.932. The van der Waals surface area contributed by atoms with Gasteiger partial charge in [0.1, 0.15) is 16.5 Å². The van der Waals surface area contributed by atoms with Crippen LogP contribution in [0.3, 0.4) is 0 Å². The van der Waals surface area contributed by atoms with Crippen molar-refractivity contribution in [2.45, 2.75) is 30.3 Å². The van der Waals surface area contributed by atoms with E-state index in [1.54, 1.807) is 37.3 Å². The predicted molar refractivity (Wildman–Crippen MR) is 138 cm³/mol. The molecule has 34 heavy (non-hydrogen) atoms. The van der Waals surface area contributed by atoms with Crippen LogP contribution in [-0.4, -0.2) is 53.0 Å². The zero-order valence-electron chi connectivity index (χ0n) is 20.1. The fraction of sp³-hybridized carbons (Fsp3) is 0.320. The van der Waals surface area contributed by atoms with Crippen molar-refractivity contribution in [1.82, 2.24) is 24.6 Å². The molecular weight excluding hydrogens is 466 g/mol. The van der Waals surface area contributed by atoms with Crippen molar-refractivity contribution >= 4 is 23.1 Å². The Morgan fingerprint density at radius 1 is 1.03 bits per heavy atom. The fourth-order valence-electron chi connectivity index (χ4n) is 3.74. The molecule has 2 heterocycles. The van der Waals surface area contributed by atoms with Crippen LogP contribution >= 0.6 is 23.1 Å². The lowest BCUT2D eigenvalue weighted by molar-refractivity contribution is 0.276. The van der Waals surface area contributed by atoms with Gasteiger partial charge in [-0.3, -0.25) is 9.47 Å². The van der Waals surface area contributed by atoms with Crippen LogP contribution in [0.1, 0.15) is 30.9 Å². The Morgan fingerprint density at radius 3 is 2.47 bits per heavy atom. The summed E-state index contributed by atoms with van der Waals surface area (Å²) < 4.78 is 12.8. The molecule has 178 valence electrons. The lowest BCUT2D eigenvalue weighted by atomic mass is 10.2. The molecule has 4 aromatic rings. The van der Waals surface area contributed by atoms with Crippen LogP contribution in [-0.2, 0) is 5.75 Å². The molecule has 4 rings (SSSR count). The first kappa shape index (κ1) is 24.3. The molecule has 9 heteroatoms. The van der Waals surface area contributed by atoms with E-state index in [-0.39, 0.29) is 6.04 Å². The molecule has 1 atom stereocenters. The lowest BCUT2D eigenvalue weighted by Gasteiger charge is -2.23. The third-order valence-electron chi connectivity index (χ3n) is 5.51. The number of benzene rings is 2. The van der Waals surface area contributed by atoms with E-state index in [1.807, 2.05) is 42.5 Å². The molecule has 2 aromatic carbocycles. The summed E-state index contributed by atoms with van der Waals surface area (Å²) in [5.74, 6) is 3.28. The Labute approximate surface area is 208 Å². The minimum Gasteiger partial charge on any atom is -0.497 e. The number of ether oxygens (including phenoxy) is 2. The van der Waals surface area contributed by atoms with Gasteiger partial charge >= 0.3 is 0 Å². The van der Waals surface area contributed by atoms with Gasteiger partial charge in [0.15, 0.2) is 11.0 Å². The fourth-order valence-corrected chi connectivity index (χ4v) is 5.52. The molecule has 0 fully saturated rings. The van der Waals surface area contributed by atoms with Gasteiger partial charge in [-0.2, -0.15) is 0 Å². The maximum atomic E-state index is 5.35. The van der Waals surface area contributed by atoms with Crippen LogP contribution in [0.25, 0.3) is 16.3 Å². The topological polar surface area (TPSA) is 65.3 Å². The van der Waals surface area contributed by atoms with Crippen molar-refractivity contribution < 1.29 is 9.47 Å². The molecule has 0 N–H and O–H groups in total. The number of thioether (sulfide) groups is 1. The highest BCUT2D eigenvalue weighted by Crippen LogP contribution is 2.32. The van der Waals surface area contributed by atoms with Crippen LogP contribution in [0.15, 0.2) is 59.1 Å². The summed E-state index contributed by atoms with van der Waals surface area (Å²) in [4.78, 5) is 7.02. The number of aromatic nitrogens is 4. The van der Waals surface area contributed by atoms with Crippen molar-refractivity contribution in [3.8, 4) is 27.8 Å². The first-order valence-corrected chi connectivity index (χ1v) is 12.9. The van der Waals surface area contributed by atoms with Crippen molar-refractivity contribution in [3.63, 3.8) is 0 Å². The van der Waals surface area contributed by atoms with E-state index < -0.39 is 0 Å². The molecular formula is C25H29N5O2S2. The van der Waals surface area contributed by atoms with Crippen LogP contribution in [0.4, 0.5) is 0 Å². The number of hydrogen-bond donors (Lipinski definition) is 0. The van der Waals surface area contributed by atoms with Crippen molar-refractivity contribution in [2.75, 3.05) is 28.3 Å². The summed E-state index contributed by atoms with van der Waals surface area (Å²) in [5.41, 5.74) is 3.08. The SMILES string of the molecule is CCC(c1nnc(SCc2csc(-c3cccc(OC)c3)n2)n1-c1ccc(OC)cc1)N(C)C. The molecule has 0 spiro atoms. The summed E-state index contributed by atoms with van der Waals surface area (Å²) in [6.45, 7) is 2.17. The van der Waals surface area contributed by atoms with Gasteiger partial charge in [0, 0.05) is 22.4 Å². The molecule has 0 amide bonds.